The van der Waals surface area contributed by atoms with Gasteiger partial charge >= 0.3 is 0 Å². The number of hydrogen-bond acceptors (Lipinski definition) is 2. The summed E-state index contributed by atoms with van der Waals surface area (Å²) in [4.78, 5) is 0. The Morgan fingerprint density at radius 3 is 2.64 bits per heavy atom. The van der Waals surface area contributed by atoms with E-state index in [2.05, 4.69) is 12.2 Å². The zero-order valence-corrected chi connectivity index (χ0v) is 9.57. The third kappa shape index (κ3) is 3.14. The Hall–Kier alpha value is -0.280. The van der Waals surface area contributed by atoms with E-state index in [1.54, 1.807) is 6.07 Å². The summed E-state index contributed by atoms with van der Waals surface area (Å²) < 4.78 is 0. The van der Waals surface area contributed by atoms with Crippen molar-refractivity contribution in [2.45, 2.75) is 13.0 Å². The van der Waals surface area contributed by atoms with Gasteiger partial charge < -0.3 is 11.1 Å². The molecule has 0 saturated carbocycles. The molecule has 1 aromatic rings. The summed E-state index contributed by atoms with van der Waals surface area (Å²) >= 11 is 11.7. The monoisotopic (exact) mass is 232 g/mol. The lowest BCUT2D eigenvalue weighted by molar-refractivity contribution is 0.582. The largest absolute Gasteiger partial charge is 0.329 e. The van der Waals surface area contributed by atoms with Crippen LogP contribution in [0.25, 0.3) is 0 Å². The molecule has 1 aromatic carbocycles. The van der Waals surface area contributed by atoms with Crippen molar-refractivity contribution in [1.29, 1.82) is 0 Å². The van der Waals surface area contributed by atoms with Crippen LogP contribution >= 0.6 is 23.2 Å². The van der Waals surface area contributed by atoms with Crippen molar-refractivity contribution in [2.75, 3.05) is 13.1 Å². The highest BCUT2D eigenvalue weighted by Crippen LogP contribution is 2.25. The summed E-state index contributed by atoms with van der Waals surface area (Å²) in [6, 6.07) is 5.88. The van der Waals surface area contributed by atoms with E-state index in [0.29, 0.717) is 16.6 Å². The summed E-state index contributed by atoms with van der Waals surface area (Å²) in [7, 11) is 0. The first-order chi connectivity index (χ1) is 6.65. The summed E-state index contributed by atoms with van der Waals surface area (Å²) in [6.45, 7) is 3.49. The van der Waals surface area contributed by atoms with Crippen molar-refractivity contribution in [2.24, 2.45) is 5.73 Å². The molecule has 0 radical (unpaired) electrons. The Labute approximate surface area is 94.4 Å². The lowest BCUT2D eigenvalue weighted by atomic mass is 10.1. The highest BCUT2D eigenvalue weighted by Gasteiger charge is 2.05. The van der Waals surface area contributed by atoms with Gasteiger partial charge in [0, 0.05) is 19.1 Å². The molecule has 0 saturated heterocycles. The number of rotatable bonds is 4. The number of nitrogens with one attached hydrogen (secondary N) is 1. The summed E-state index contributed by atoms with van der Waals surface area (Å²) in [6.07, 6.45) is 0. The molecule has 1 unspecified atom stereocenters. The molecule has 1 rings (SSSR count). The minimum absolute atomic E-state index is 0.244. The van der Waals surface area contributed by atoms with Crippen molar-refractivity contribution in [1.82, 2.24) is 5.32 Å². The quantitative estimate of drug-likeness (QED) is 0.838. The Bertz CT molecular complexity index is 302. The standard InChI is InChI=1S/C10H14Cl2N2/c1-7(14-5-4-13)8-2-3-9(11)10(12)6-8/h2-3,6-7,14H,4-5,13H2,1H3. The average molecular weight is 233 g/mol. The van der Waals surface area contributed by atoms with Crippen molar-refractivity contribution < 1.29 is 0 Å². The second-order valence-corrected chi connectivity index (χ2v) is 3.95. The lowest BCUT2D eigenvalue weighted by Crippen LogP contribution is -2.25. The van der Waals surface area contributed by atoms with Gasteiger partial charge in [-0.2, -0.15) is 0 Å². The summed E-state index contributed by atoms with van der Waals surface area (Å²) in [5.41, 5.74) is 6.52. The van der Waals surface area contributed by atoms with Crippen LogP contribution < -0.4 is 11.1 Å². The third-order valence-corrected chi connectivity index (χ3v) is 2.78. The van der Waals surface area contributed by atoms with Crippen LogP contribution in [0.3, 0.4) is 0 Å². The van der Waals surface area contributed by atoms with Gasteiger partial charge in [0.15, 0.2) is 0 Å². The van der Waals surface area contributed by atoms with Crippen molar-refractivity contribution in [3.8, 4) is 0 Å². The van der Waals surface area contributed by atoms with E-state index in [0.717, 1.165) is 12.1 Å². The van der Waals surface area contributed by atoms with E-state index in [1.165, 1.54) is 0 Å². The first kappa shape index (κ1) is 11.8. The van der Waals surface area contributed by atoms with E-state index in [-0.39, 0.29) is 6.04 Å². The van der Waals surface area contributed by atoms with E-state index >= 15 is 0 Å². The second kappa shape index (κ2) is 5.56. The molecular formula is C10H14Cl2N2. The minimum atomic E-state index is 0.244. The van der Waals surface area contributed by atoms with Crippen LogP contribution in [0.4, 0.5) is 0 Å². The first-order valence-corrected chi connectivity index (χ1v) is 5.29. The van der Waals surface area contributed by atoms with Gasteiger partial charge in [0.25, 0.3) is 0 Å². The van der Waals surface area contributed by atoms with Crippen LogP contribution in [0, 0.1) is 0 Å². The molecule has 0 spiro atoms. The smallest absolute Gasteiger partial charge is 0.0595 e. The van der Waals surface area contributed by atoms with Crippen molar-refractivity contribution in [3.63, 3.8) is 0 Å². The number of benzene rings is 1. The Morgan fingerprint density at radius 1 is 1.36 bits per heavy atom. The zero-order valence-electron chi connectivity index (χ0n) is 8.06. The molecule has 0 aliphatic carbocycles. The topological polar surface area (TPSA) is 38.0 Å². The molecule has 78 valence electrons. The maximum Gasteiger partial charge on any atom is 0.0595 e. The van der Waals surface area contributed by atoms with Crippen LogP contribution in [0.5, 0.6) is 0 Å². The first-order valence-electron chi connectivity index (χ1n) is 4.53. The molecule has 0 heterocycles. The molecule has 3 N–H and O–H groups in total. The van der Waals surface area contributed by atoms with Crippen LogP contribution in [-0.4, -0.2) is 13.1 Å². The fourth-order valence-corrected chi connectivity index (χ4v) is 1.51. The van der Waals surface area contributed by atoms with Gasteiger partial charge in [-0.3, -0.25) is 0 Å². The predicted molar refractivity (Wildman–Crippen MR) is 61.9 cm³/mol. The summed E-state index contributed by atoms with van der Waals surface area (Å²) in [5, 5.41) is 4.44. The van der Waals surface area contributed by atoms with Gasteiger partial charge in [-0.15, -0.1) is 0 Å². The van der Waals surface area contributed by atoms with Crippen molar-refractivity contribution >= 4 is 23.2 Å². The average Bonchev–Trinajstić information content (AvgIpc) is 2.18. The number of nitrogens with two attached hydrogens (primary N) is 1. The molecular weight excluding hydrogens is 219 g/mol. The number of hydrogen-bond donors (Lipinski definition) is 2. The van der Waals surface area contributed by atoms with Crippen LogP contribution in [0.2, 0.25) is 10.0 Å². The van der Waals surface area contributed by atoms with Gasteiger partial charge in [0.2, 0.25) is 0 Å². The van der Waals surface area contributed by atoms with Gasteiger partial charge in [0.05, 0.1) is 10.0 Å². The molecule has 1 atom stereocenters. The molecule has 2 nitrogen and oxygen atoms in total. The fraction of sp³-hybridized carbons (Fsp3) is 0.400. The molecule has 0 aliphatic rings. The van der Waals surface area contributed by atoms with Crippen LogP contribution in [-0.2, 0) is 0 Å². The maximum absolute atomic E-state index is 5.91. The Morgan fingerprint density at radius 2 is 2.07 bits per heavy atom. The molecule has 0 aromatic heterocycles. The molecule has 0 bridgehead atoms. The molecule has 0 amide bonds. The third-order valence-electron chi connectivity index (χ3n) is 2.04. The second-order valence-electron chi connectivity index (χ2n) is 3.14. The predicted octanol–water partition coefficient (Wildman–Crippen LogP) is 2.60. The zero-order chi connectivity index (χ0) is 10.6. The molecule has 14 heavy (non-hydrogen) atoms. The van der Waals surface area contributed by atoms with Crippen molar-refractivity contribution in [3.05, 3.63) is 33.8 Å². The SMILES string of the molecule is CC(NCCN)c1ccc(Cl)c(Cl)c1. The highest BCUT2D eigenvalue weighted by molar-refractivity contribution is 6.42. The Balaban J connectivity index is 2.70. The van der Waals surface area contributed by atoms with E-state index in [1.807, 2.05) is 12.1 Å². The Kier molecular flexibility index (Phi) is 4.69. The minimum Gasteiger partial charge on any atom is -0.329 e. The summed E-state index contributed by atoms with van der Waals surface area (Å²) in [5.74, 6) is 0. The van der Waals surface area contributed by atoms with Gasteiger partial charge in [-0.25, -0.2) is 0 Å². The van der Waals surface area contributed by atoms with Gasteiger partial charge in [-0.1, -0.05) is 29.3 Å². The highest BCUT2D eigenvalue weighted by atomic mass is 35.5. The fourth-order valence-electron chi connectivity index (χ4n) is 1.20. The molecule has 0 aliphatic heterocycles. The van der Waals surface area contributed by atoms with Crippen LogP contribution in [0.15, 0.2) is 18.2 Å². The normalized spacial score (nSPS) is 12.9. The van der Waals surface area contributed by atoms with Gasteiger partial charge in [0.1, 0.15) is 0 Å². The molecule has 4 heteroatoms. The lowest BCUT2D eigenvalue weighted by Gasteiger charge is -2.13. The number of halogens is 2. The molecule has 0 fully saturated rings. The van der Waals surface area contributed by atoms with Crippen LogP contribution in [0.1, 0.15) is 18.5 Å². The van der Waals surface area contributed by atoms with E-state index in [4.69, 9.17) is 28.9 Å². The maximum atomic E-state index is 5.91. The van der Waals surface area contributed by atoms with E-state index in [9.17, 15) is 0 Å². The van der Waals surface area contributed by atoms with E-state index < -0.39 is 0 Å². The van der Waals surface area contributed by atoms with Gasteiger partial charge in [-0.05, 0) is 24.6 Å².